The van der Waals surface area contributed by atoms with Crippen LogP contribution in [0.4, 0.5) is 0 Å². The number of aliphatic hydroxyl groups is 1. The first kappa shape index (κ1) is 15.8. The Morgan fingerprint density at radius 1 is 1.31 bits per heavy atom. The van der Waals surface area contributed by atoms with Gasteiger partial charge in [-0.3, -0.25) is 0 Å². The minimum Gasteiger partial charge on any atom is -0.389 e. The number of nitrogens with one attached hydrogen (secondary N) is 1. The molecule has 0 radical (unpaired) electrons. The third-order valence-corrected chi connectivity index (χ3v) is 2.32. The Bertz CT molecular complexity index is 143. The largest absolute Gasteiger partial charge is 0.389 e. The van der Waals surface area contributed by atoms with E-state index < -0.39 is 6.10 Å². The summed E-state index contributed by atoms with van der Waals surface area (Å²) < 4.78 is 5.39. The van der Waals surface area contributed by atoms with Crippen LogP contribution in [0.15, 0.2) is 0 Å². The van der Waals surface area contributed by atoms with Crippen molar-refractivity contribution >= 4 is 0 Å². The highest BCUT2D eigenvalue weighted by atomic mass is 16.5. The van der Waals surface area contributed by atoms with Gasteiger partial charge in [-0.15, -0.1) is 0 Å². The van der Waals surface area contributed by atoms with E-state index in [0.29, 0.717) is 19.7 Å². The zero-order valence-corrected chi connectivity index (χ0v) is 10.7. The van der Waals surface area contributed by atoms with E-state index >= 15 is 0 Å². The van der Waals surface area contributed by atoms with Crippen molar-refractivity contribution in [2.75, 3.05) is 32.8 Å². The normalized spacial score (nSPS) is 13.3. The van der Waals surface area contributed by atoms with Gasteiger partial charge in [-0.05, 0) is 38.3 Å². The van der Waals surface area contributed by atoms with Gasteiger partial charge in [0.2, 0.25) is 0 Å². The fourth-order valence-corrected chi connectivity index (χ4v) is 1.37. The van der Waals surface area contributed by atoms with Crippen LogP contribution in [-0.2, 0) is 4.74 Å². The van der Waals surface area contributed by atoms with Crippen LogP contribution in [0, 0.1) is 5.92 Å². The van der Waals surface area contributed by atoms with Gasteiger partial charge in [0.25, 0.3) is 0 Å². The van der Waals surface area contributed by atoms with Crippen LogP contribution in [-0.4, -0.2) is 44.1 Å². The third-order valence-electron chi connectivity index (χ3n) is 2.32. The maximum atomic E-state index is 9.54. The van der Waals surface area contributed by atoms with Crippen molar-refractivity contribution in [2.24, 2.45) is 11.7 Å². The Morgan fingerprint density at radius 2 is 2.06 bits per heavy atom. The van der Waals surface area contributed by atoms with Gasteiger partial charge in [-0.2, -0.15) is 0 Å². The second-order valence-electron chi connectivity index (χ2n) is 4.61. The highest BCUT2D eigenvalue weighted by Crippen LogP contribution is 2.03. The molecule has 0 fully saturated rings. The van der Waals surface area contributed by atoms with Crippen LogP contribution in [0.1, 0.15) is 33.1 Å². The second-order valence-corrected chi connectivity index (χ2v) is 4.61. The van der Waals surface area contributed by atoms with Gasteiger partial charge in [-0.1, -0.05) is 13.8 Å². The standard InChI is InChI=1S/C12H28N2O2/c1-11(2)5-3-8-16-10-12(15)9-14-7-4-6-13/h11-12,14-15H,3-10,13H2,1-2H3. The maximum absolute atomic E-state index is 9.54. The van der Waals surface area contributed by atoms with Crippen molar-refractivity contribution < 1.29 is 9.84 Å². The second kappa shape index (κ2) is 11.3. The highest BCUT2D eigenvalue weighted by molar-refractivity contribution is 4.58. The Balaban J connectivity index is 3.14. The van der Waals surface area contributed by atoms with E-state index in [1.54, 1.807) is 0 Å². The first-order chi connectivity index (χ1) is 7.66. The van der Waals surface area contributed by atoms with Gasteiger partial charge in [0.1, 0.15) is 0 Å². The average molecular weight is 232 g/mol. The van der Waals surface area contributed by atoms with Gasteiger partial charge in [0.05, 0.1) is 12.7 Å². The topological polar surface area (TPSA) is 67.5 Å². The Morgan fingerprint density at radius 3 is 2.69 bits per heavy atom. The first-order valence-electron chi connectivity index (χ1n) is 6.33. The molecule has 0 spiro atoms. The summed E-state index contributed by atoms with van der Waals surface area (Å²) >= 11 is 0. The monoisotopic (exact) mass is 232 g/mol. The van der Waals surface area contributed by atoms with Crippen molar-refractivity contribution in [1.29, 1.82) is 0 Å². The van der Waals surface area contributed by atoms with Gasteiger partial charge in [0.15, 0.2) is 0 Å². The molecule has 0 aliphatic rings. The summed E-state index contributed by atoms with van der Waals surface area (Å²) in [6.45, 7) is 7.72. The lowest BCUT2D eigenvalue weighted by Crippen LogP contribution is -2.31. The summed E-state index contributed by atoms with van der Waals surface area (Å²) in [4.78, 5) is 0. The summed E-state index contributed by atoms with van der Waals surface area (Å²) in [6, 6.07) is 0. The zero-order chi connectivity index (χ0) is 12.2. The van der Waals surface area contributed by atoms with E-state index in [1.165, 1.54) is 6.42 Å². The van der Waals surface area contributed by atoms with Gasteiger partial charge in [0, 0.05) is 13.2 Å². The van der Waals surface area contributed by atoms with Crippen molar-refractivity contribution in [3.05, 3.63) is 0 Å². The lowest BCUT2D eigenvalue weighted by molar-refractivity contribution is 0.0349. The molecule has 0 aliphatic carbocycles. The molecule has 0 aromatic rings. The predicted octanol–water partition coefficient (Wildman–Crippen LogP) is 0.739. The maximum Gasteiger partial charge on any atom is 0.0897 e. The molecule has 0 heterocycles. The lowest BCUT2D eigenvalue weighted by Gasteiger charge is -2.12. The number of rotatable bonds is 11. The van der Waals surface area contributed by atoms with Crippen molar-refractivity contribution in [2.45, 2.75) is 39.2 Å². The molecule has 0 amide bonds. The molecule has 0 bridgehead atoms. The highest BCUT2D eigenvalue weighted by Gasteiger charge is 2.03. The van der Waals surface area contributed by atoms with E-state index in [-0.39, 0.29) is 0 Å². The van der Waals surface area contributed by atoms with Crippen LogP contribution < -0.4 is 11.1 Å². The number of aliphatic hydroxyl groups excluding tert-OH is 1. The van der Waals surface area contributed by atoms with Crippen molar-refractivity contribution in [1.82, 2.24) is 5.32 Å². The van der Waals surface area contributed by atoms with E-state index in [0.717, 1.165) is 31.9 Å². The molecule has 4 N–H and O–H groups in total. The average Bonchev–Trinajstić information content (AvgIpc) is 2.23. The summed E-state index contributed by atoms with van der Waals surface area (Å²) in [6.07, 6.45) is 2.80. The van der Waals surface area contributed by atoms with Crippen molar-refractivity contribution in [3.8, 4) is 0 Å². The third kappa shape index (κ3) is 11.9. The fraction of sp³-hybridized carbons (Fsp3) is 1.00. The summed E-state index contributed by atoms with van der Waals surface area (Å²) in [5, 5.41) is 12.7. The molecule has 0 aliphatic heterocycles. The van der Waals surface area contributed by atoms with Crippen molar-refractivity contribution in [3.63, 3.8) is 0 Å². The minimum absolute atomic E-state index is 0.406. The molecule has 0 aromatic carbocycles. The predicted molar refractivity (Wildman–Crippen MR) is 67.4 cm³/mol. The summed E-state index contributed by atoms with van der Waals surface area (Å²) in [5.41, 5.74) is 5.36. The molecule has 0 rings (SSSR count). The first-order valence-corrected chi connectivity index (χ1v) is 6.33. The molecule has 0 saturated heterocycles. The van der Waals surface area contributed by atoms with Gasteiger partial charge in [-0.25, -0.2) is 0 Å². The molecular weight excluding hydrogens is 204 g/mol. The molecule has 4 heteroatoms. The van der Waals surface area contributed by atoms with Gasteiger partial charge >= 0.3 is 0 Å². The lowest BCUT2D eigenvalue weighted by atomic mass is 10.1. The van der Waals surface area contributed by atoms with E-state index in [2.05, 4.69) is 19.2 Å². The number of hydrogen-bond acceptors (Lipinski definition) is 4. The van der Waals surface area contributed by atoms with Crippen LogP contribution in [0.25, 0.3) is 0 Å². The minimum atomic E-state index is -0.406. The zero-order valence-electron chi connectivity index (χ0n) is 10.7. The van der Waals surface area contributed by atoms with E-state index in [4.69, 9.17) is 10.5 Å². The van der Waals surface area contributed by atoms with Crippen LogP contribution in [0.3, 0.4) is 0 Å². The molecule has 16 heavy (non-hydrogen) atoms. The Hall–Kier alpha value is -0.160. The summed E-state index contributed by atoms with van der Waals surface area (Å²) in [7, 11) is 0. The Labute approximate surface area is 99.6 Å². The van der Waals surface area contributed by atoms with E-state index in [1.807, 2.05) is 0 Å². The van der Waals surface area contributed by atoms with Crippen LogP contribution in [0.5, 0.6) is 0 Å². The summed E-state index contributed by atoms with van der Waals surface area (Å²) in [5.74, 6) is 0.728. The fourth-order valence-electron chi connectivity index (χ4n) is 1.37. The van der Waals surface area contributed by atoms with E-state index in [9.17, 15) is 5.11 Å². The Kier molecular flexibility index (Phi) is 11.2. The molecular formula is C12H28N2O2. The SMILES string of the molecule is CC(C)CCCOCC(O)CNCCCN. The molecule has 98 valence electrons. The molecule has 1 unspecified atom stereocenters. The number of ether oxygens (including phenoxy) is 1. The molecule has 4 nitrogen and oxygen atoms in total. The number of nitrogens with two attached hydrogens (primary N) is 1. The molecule has 1 atom stereocenters. The quantitative estimate of drug-likeness (QED) is 0.460. The molecule has 0 aromatic heterocycles. The molecule has 0 saturated carbocycles. The number of hydrogen-bond donors (Lipinski definition) is 3. The smallest absolute Gasteiger partial charge is 0.0897 e. The van der Waals surface area contributed by atoms with Crippen LogP contribution >= 0.6 is 0 Å². The van der Waals surface area contributed by atoms with Crippen LogP contribution in [0.2, 0.25) is 0 Å². The van der Waals surface area contributed by atoms with Gasteiger partial charge < -0.3 is 20.9 Å².